The van der Waals surface area contributed by atoms with Crippen LogP contribution in [0.4, 0.5) is 5.69 Å². The first-order valence-corrected chi connectivity index (χ1v) is 13.4. The van der Waals surface area contributed by atoms with Gasteiger partial charge in [0.1, 0.15) is 0 Å². The van der Waals surface area contributed by atoms with Crippen LogP contribution in [-0.2, 0) is 4.79 Å². The minimum atomic E-state index is -0.557. The average Bonchev–Trinajstić information content (AvgIpc) is 2.82. The summed E-state index contributed by atoms with van der Waals surface area (Å²) in [6.07, 6.45) is 6.06. The topological polar surface area (TPSA) is 73.0 Å². The van der Waals surface area contributed by atoms with E-state index in [2.05, 4.69) is 11.9 Å². The van der Waals surface area contributed by atoms with Crippen LogP contribution in [0.25, 0.3) is 11.3 Å². The number of amides is 1. The summed E-state index contributed by atoms with van der Waals surface area (Å²) >= 11 is 3.16. The van der Waals surface area contributed by atoms with E-state index in [-0.39, 0.29) is 11.8 Å². The number of carbonyl (C=O) groups excluding carboxylic acids is 1. The molecule has 0 N–H and O–H groups in total. The Morgan fingerprint density at radius 1 is 1.12 bits per heavy atom. The lowest BCUT2D eigenvalue weighted by Crippen LogP contribution is -2.58. The number of fused-ring (bicyclic) bond motifs is 3. The van der Waals surface area contributed by atoms with Crippen LogP contribution in [0.1, 0.15) is 51.3 Å². The maximum Gasteiger partial charge on any atom is 0.293 e. The van der Waals surface area contributed by atoms with Crippen molar-refractivity contribution in [2.24, 2.45) is 0 Å². The predicted molar refractivity (Wildman–Crippen MR) is 131 cm³/mol. The first-order valence-electron chi connectivity index (χ1n) is 11.2. The quantitative estimate of drug-likeness (QED) is 0.262. The molecule has 0 radical (unpaired) electrons. The molecule has 3 aromatic rings. The normalized spacial score (nSPS) is 14.6. The molecule has 6 nitrogen and oxygen atoms in total. The van der Waals surface area contributed by atoms with Crippen LogP contribution in [-0.4, -0.2) is 28.0 Å². The number of anilines is 1. The van der Waals surface area contributed by atoms with Crippen molar-refractivity contribution in [3.8, 4) is 17.1 Å². The van der Waals surface area contributed by atoms with Gasteiger partial charge in [0.25, 0.3) is 17.0 Å². The van der Waals surface area contributed by atoms with Gasteiger partial charge in [-0.2, -0.15) is 0 Å². The summed E-state index contributed by atoms with van der Waals surface area (Å²) in [7, 11) is 0. The van der Waals surface area contributed by atoms with E-state index in [4.69, 9.17) is 5.10 Å². The van der Waals surface area contributed by atoms with Crippen LogP contribution < -0.4 is 14.7 Å². The third-order valence-corrected chi connectivity index (χ3v) is 7.37. The summed E-state index contributed by atoms with van der Waals surface area (Å²) in [5.41, 5.74) is 2.68. The fraction of sp³-hybridized carbons (Fsp3) is 0.360. The maximum atomic E-state index is 13.2. The monoisotopic (exact) mass is 480 g/mol. The van der Waals surface area contributed by atoms with Gasteiger partial charge in [0.15, 0.2) is 0 Å². The largest absolute Gasteiger partial charge is 0.854 e. The summed E-state index contributed by atoms with van der Waals surface area (Å²) in [6, 6.07) is 15.5. The summed E-state index contributed by atoms with van der Waals surface area (Å²) in [4.78, 5) is 20.0. The van der Waals surface area contributed by atoms with Gasteiger partial charge in [-0.3, -0.25) is 4.79 Å². The first-order chi connectivity index (χ1) is 16.0. The standard InChI is InChI=1S/C25H28N4O2S2/c1-4-5-6-9-16-33-25-26-23(31)22-20-10-7-8-11-21(20)28(17(2)30)24(29(22)27-25)18-12-14-19(32-3)15-13-18/h7-8,10-15,24H,4-6,9,16H2,1-3H3. The lowest BCUT2D eigenvalue weighted by Gasteiger charge is -2.32. The molecule has 1 aliphatic heterocycles. The van der Waals surface area contributed by atoms with Crippen LogP contribution in [0.5, 0.6) is 5.88 Å². The molecule has 0 bridgehead atoms. The molecule has 1 aromatic heterocycles. The molecular weight excluding hydrogens is 452 g/mol. The van der Waals surface area contributed by atoms with Crippen molar-refractivity contribution in [3.63, 3.8) is 0 Å². The number of hydrogen-bond acceptors (Lipinski definition) is 6. The molecule has 1 unspecified atom stereocenters. The Balaban J connectivity index is 1.82. The molecule has 0 aliphatic carbocycles. The van der Waals surface area contributed by atoms with Gasteiger partial charge in [0.05, 0.1) is 17.1 Å². The molecule has 2 heterocycles. The molecule has 33 heavy (non-hydrogen) atoms. The van der Waals surface area contributed by atoms with Gasteiger partial charge in [-0.15, -0.1) is 11.8 Å². The lowest BCUT2D eigenvalue weighted by atomic mass is 10.0. The third kappa shape index (κ3) is 4.87. The molecule has 172 valence electrons. The van der Waals surface area contributed by atoms with Crippen molar-refractivity contribution in [3.05, 3.63) is 54.1 Å². The highest BCUT2D eigenvalue weighted by atomic mass is 32.2. The Hall–Kier alpha value is -2.58. The number of hydrogen-bond donors (Lipinski definition) is 0. The average molecular weight is 481 g/mol. The molecule has 0 saturated carbocycles. The highest BCUT2D eigenvalue weighted by Crippen LogP contribution is 2.41. The predicted octanol–water partition coefficient (Wildman–Crippen LogP) is 4.81. The number of nitrogens with zero attached hydrogens (tertiary/aromatic N) is 4. The van der Waals surface area contributed by atoms with Gasteiger partial charge in [-0.1, -0.05) is 54.8 Å². The fourth-order valence-corrected chi connectivity index (χ4v) is 5.34. The van der Waals surface area contributed by atoms with E-state index in [0.29, 0.717) is 22.1 Å². The molecule has 0 spiro atoms. The summed E-state index contributed by atoms with van der Waals surface area (Å²) in [5, 5.41) is 18.5. The highest BCUT2D eigenvalue weighted by molar-refractivity contribution is 7.99. The number of para-hydroxylation sites is 1. The second kappa shape index (κ2) is 10.6. The van der Waals surface area contributed by atoms with E-state index < -0.39 is 6.17 Å². The Morgan fingerprint density at radius 2 is 1.88 bits per heavy atom. The zero-order chi connectivity index (χ0) is 23.4. The fourth-order valence-electron chi connectivity index (χ4n) is 4.10. The van der Waals surface area contributed by atoms with Gasteiger partial charge >= 0.3 is 0 Å². The van der Waals surface area contributed by atoms with Crippen molar-refractivity contribution in [1.29, 1.82) is 0 Å². The van der Waals surface area contributed by atoms with E-state index in [1.807, 2.05) is 54.8 Å². The molecule has 1 atom stereocenters. The van der Waals surface area contributed by atoms with Crippen LogP contribution in [0.15, 0.2) is 58.6 Å². The van der Waals surface area contributed by atoms with Gasteiger partial charge in [0.2, 0.25) is 5.91 Å². The van der Waals surface area contributed by atoms with Crippen molar-refractivity contribution < 1.29 is 14.6 Å². The van der Waals surface area contributed by atoms with E-state index in [1.165, 1.54) is 24.6 Å². The van der Waals surface area contributed by atoms with Gasteiger partial charge in [0, 0.05) is 28.2 Å². The molecule has 1 amide bonds. The molecule has 0 fully saturated rings. The molecule has 2 aromatic carbocycles. The number of unbranched alkanes of at least 4 members (excludes halogenated alkanes) is 3. The van der Waals surface area contributed by atoms with Crippen LogP contribution >= 0.6 is 23.5 Å². The zero-order valence-electron chi connectivity index (χ0n) is 19.2. The van der Waals surface area contributed by atoms with Crippen LogP contribution in [0, 0.1) is 0 Å². The Morgan fingerprint density at radius 3 is 2.58 bits per heavy atom. The van der Waals surface area contributed by atoms with Crippen molar-refractivity contribution in [2.45, 2.75) is 55.7 Å². The van der Waals surface area contributed by atoms with E-state index in [0.717, 1.165) is 29.1 Å². The molecule has 4 rings (SSSR count). The maximum absolute atomic E-state index is 13.2. The number of thioether (sulfide) groups is 2. The molecule has 1 aliphatic rings. The number of carbonyl (C=O) groups is 1. The van der Waals surface area contributed by atoms with E-state index >= 15 is 0 Å². The third-order valence-electron chi connectivity index (χ3n) is 5.70. The number of rotatable bonds is 8. The summed E-state index contributed by atoms with van der Waals surface area (Å²) in [6.45, 7) is 3.73. The highest BCUT2D eigenvalue weighted by Gasteiger charge is 2.43. The second-order valence-corrected chi connectivity index (χ2v) is 9.90. The Kier molecular flexibility index (Phi) is 7.55. The van der Waals surface area contributed by atoms with E-state index in [1.54, 1.807) is 28.3 Å². The SMILES string of the molecule is CCCCCCSc1nc([O-])c2[n+](n1)C(c1ccc(SC)cc1)N(C(C)=O)c1ccccc1-2. The molecule has 0 saturated heterocycles. The van der Waals surface area contributed by atoms with Crippen molar-refractivity contribution >= 4 is 35.1 Å². The van der Waals surface area contributed by atoms with Crippen molar-refractivity contribution in [1.82, 2.24) is 10.1 Å². The summed E-state index contributed by atoms with van der Waals surface area (Å²) < 4.78 is 1.70. The minimum absolute atomic E-state index is 0.112. The van der Waals surface area contributed by atoms with Crippen molar-refractivity contribution in [2.75, 3.05) is 16.9 Å². The number of benzene rings is 2. The van der Waals surface area contributed by atoms with Gasteiger partial charge < -0.3 is 5.11 Å². The molecular formula is C25H28N4O2S2. The number of aromatic nitrogens is 3. The van der Waals surface area contributed by atoms with Gasteiger partial charge in [-0.25, -0.2) is 9.88 Å². The smallest absolute Gasteiger partial charge is 0.293 e. The zero-order valence-corrected chi connectivity index (χ0v) is 20.8. The Labute approximate surface area is 203 Å². The van der Waals surface area contributed by atoms with Crippen LogP contribution in [0.2, 0.25) is 0 Å². The van der Waals surface area contributed by atoms with Crippen LogP contribution in [0.3, 0.4) is 0 Å². The van der Waals surface area contributed by atoms with E-state index in [9.17, 15) is 9.90 Å². The molecule has 8 heteroatoms. The Bertz CT molecular complexity index is 1140. The lowest BCUT2D eigenvalue weighted by molar-refractivity contribution is -0.764. The van der Waals surface area contributed by atoms with Gasteiger partial charge in [-0.05, 0) is 49.1 Å². The minimum Gasteiger partial charge on any atom is -0.854 e. The second-order valence-electron chi connectivity index (χ2n) is 7.95. The summed E-state index contributed by atoms with van der Waals surface area (Å²) in [5.74, 6) is 0.431. The first kappa shape index (κ1) is 23.6.